The van der Waals surface area contributed by atoms with Crippen molar-refractivity contribution in [3.63, 3.8) is 0 Å². The summed E-state index contributed by atoms with van der Waals surface area (Å²) in [4.78, 5) is 20.1. The molecule has 0 aliphatic heterocycles. The normalized spacial score (nSPS) is 9.85. The van der Waals surface area contributed by atoms with Gasteiger partial charge in [0.2, 0.25) is 0 Å². The summed E-state index contributed by atoms with van der Waals surface area (Å²) in [6.45, 7) is 0. The third kappa shape index (κ3) is 10.6. The molecule has 0 N–H and O–H groups in total. The molecule has 136 valence electrons. The third-order valence-corrected chi connectivity index (χ3v) is 3.06. The van der Waals surface area contributed by atoms with Gasteiger partial charge < -0.3 is 29.3 Å². The Morgan fingerprint density at radius 3 is 1.22 bits per heavy atom. The van der Waals surface area contributed by atoms with Crippen LogP contribution in [0.4, 0.5) is 0 Å². The Bertz CT molecular complexity index is 697. The summed E-state index contributed by atoms with van der Waals surface area (Å²) in [7, 11) is 3.15. The second-order valence-electron chi connectivity index (χ2n) is 4.85. The number of carbonyl (C=O) groups excluding carboxylic acids is 2. The largest absolute Gasteiger partial charge is 2.00 e. The maximum atomic E-state index is 10.1. The molecule has 0 spiro atoms. The number of carbonyl (C=O) groups is 2. The molecule has 2 aromatic carbocycles. The van der Waals surface area contributed by atoms with Gasteiger partial charge in [0.15, 0.2) is 0 Å². The van der Waals surface area contributed by atoms with Crippen LogP contribution in [-0.4, -0.2) is 26.2 Å². The van der Waals surface area contributed by atoms with Crippen molar-refractivity contribution in [3.8, 4) is 11.5 Å². The number of hydrogen-bond donors (Lipinski definition) is 0. The molecule has 0 radical (unpaired) electrons. The summed E-state index contributed by atoms with van der Waals surface area (Å²) >= 11 is 0. The Labute approximate surface area is 170 Å². The zero-order valence-corrected chi connectivity index (χ0v) is 18.1. The van der Waals surface area contributed by atoms with Gasteiger partial charge in [-0.1, -0.05) is 36.4 Å². The first kappa shape index (κ1) is 24.1. The van der Waals surface area contributed by atoms with E-state index in [0.717, 1.165) is 34.8 Å². The molecule has 0 aliphatic carbocycles. The van der Waals surface area contributed by atoms with Gasteiger partial charge in [-0.15, -0.1) is 0 Å². The standard InChI is InChI=1S/2C10H10O3.Zn/c2*1-13-9-5-2-8(3-6-9)4-7-10(11)12;/h2*2-7H,1H3,(H,11,12);/q;;+2/p-2/b2*7-4+;. The fourth-order valence-electron chi connectivity index (χ4n) is 1.76. The number of carboxylic acids is 2. The second-order valence-corrected chi connectivity index (χ2v) is 4.85. The number of methoxy groups -OCH3 is 2. The molecule has 0 bridgehead atoms. The van der Waals surface area contributed by atoms with Crippen LogP contribution in [0, 0.1) is 0 Å². The van der Waals surface area contributed by atoms with Gasteiger partial charge in [0, 0.05) is 0 Å². The first-order chi connectivity index (χ1) is 12.4. The molecular weight excluding hydrogens is 402 g/mol. The predicted octanol–water partition coefficient (Wildman–Crippen LogP) is 0.914. The molecule has 0 unspecified atom stereocenters. The molecule has 0 amide bonds. The van der Waals surface area contributed by atoms with E-state index in [9.17, 15) is 19.8 Å². The first-order valence-electron chi connectivity index (χ1n) is 7.51. The Morgan fingerprint density at radius 2 is 1.00 bits per heavy atom. The molecule has 0 aromatic heterocycles. The van der Waals surface area contributed by atoms with E-state index in [1.165, 1.54) is 12.2 Å². The van der Waals surface area contributed by atoms with Gasteiger partial charge in [0.25, 0.3) is 0 Å². The average Bonchev–Trinajstić information content (AvgIpc) is 2.66. The van der Waals surface area contributed by atoms with Gasteiger partial charge in [-0.2, -0.15) is 0 Å². The summed E-state index contributed by atoms with van der Waals surface area (Å²) in [5.41, 5.74) is 1.59. The average molecular weight is 420 g/mol. The molecule has 2 rings (SSSR count). The Kier molecular flexibility index (Phi) is 11.9. The van der Waals surface area contributed by atoms with Crippen molar-refractivity contribution < 1.29 is 48.8 Å². The van der Waals surface area contributed by atoms with Crippen LogP contribution < -0.4 is 19.7 Å². The molecule has 0 saturated carbocycles. The summed E-state index contributed by atoms with van der Waals surface area (Å²) in [6, 6.07) is 14.1. The van der Waals surface area contributed by atoms with E-state index in [-0.39, 0.29) is 19.5 Å². The minimum Gasteiger partial charge on any atom is -0.545 e. The van der Waals surface area contributed by atoms with Crippen molar-refractivity contribution in [2.75, 3.05) is 14.2 Å². The molecule has 0 saturated heterocycles. The van der Waals surface area contributed by atoms with E-state index in [4.69, 9.17) is 9.47 Å². The minimum atomic E-state index is -1.20. The van der Waals surface area contributed by atoms with Crippen LogP contribution in [0.1, 0.15) is 11.1 Å². The van der Waals surface area contributed by atoms with Crippen molar-refractivity contribution in [3.05, 3.63) is 71.8 Å². The maximum Gasteiger partial charge on any atom is 2.00 e. The smallest absolute Gasteiger partial charge is 0.545 e. The number of rotatable bonds is 6. The Hall–Kier alpha value is -2.92. The van der Waals surface area contributed by atoms with E-state index in [1.807, 2.05) is 0 Å². The quantitative estimate of drug-likeness (QED) is 0.510. The molecule has 0 aliphatic rings. The molecular formula is C20H18O6Zn. The summed E-state index contributed by atoms with van der Waals surface area (Å²) in [6.07, 6.45) is 4.91. The fourth-order valence-corrected chi connectivity index (χ4v) is 1.76. The molecule has 27 heavy (non-hydrogen) atoms. The summed E-state index contributed by atoms with van der Waals surface area (Å²) in [5.74, 6) is -0.914. The van der Waals surface area contributed by atoms with E-state index in [0.29, 0.717) is 0 Å². The second kappa shape index (κ2) is 13.3. The predicted molar refractivity (Wildman–Crippen MR) is 94.1 cm³/mol. The maximum absolute atomic E-state index is 10.1. The van der Waals surface area contributed by atoms with Gasteiger partial charge >= 0.3 is 19.5 Å². The monoisotopic (exact) mass is 418 g/mol. The molecule has 6 nitrogen and oxygen atoms in total. The fraction of sp³-hybridized carbons (Fsp3) is 0.100. The molecule has 7 heteroatoms. The molecule has 0 atom stereocenters. The minimum absolute atomic E-state index is 0. The first-order valence-corrected chi connectivity index (χ1v) is 7.51. The zero-order valence-electron chi connectivity index (χ0n) is 15.1. The summed E-state index contributed by atoms with van der Waals surface area (Å²) < 4.78 is 9.88. The van der Waals surface area contributed by atoms with Crippen LogP contribution in [0.3, 0.4) is 0 Å². The molecule has 0 fully saturated rings. The van der Waals surface area contributed by atoms with Gasteiger partial charge in [0.1, 0.15) is 11.5 Å². The number of benzene rings is 2. The topological polar surface area (TPSA) is 98.7 Å². The number of ether oxygens (including phenoxy) is 2. The Balaban J connectivity index is 0.000000483. The molecule has 0 heterocycles. The van der Waals surface area contributed by atoms with E-state index in [1.54, 1.807) is 62.8 Å². The van der Waals surface area contributed by atoms with Crippen molar-refractivity contribution in [2.45, 2.75) is 0 Å². The van der Waals surface area contributed by atoms with Gasteiger partial charge in [-0.25, -0.2) is 0 Å². The van der Waals surface area contributed by atoms with Crippen molar-refractivity contribution in [1.29, 1.82) is 0 Å². The van der Waals surface area contributed by atoms with Crippen LogP contribution in [0.5, 0.6) is 11.5 Å². The van der Waals surface area contributed by atoms with Gasteiger partial charge in [-0.05, 0) is 47.5 Å². The van der Waals surface area contributed by atoms with Crippen molar-refractivity contribution >= 4 is 24.1 Å². The number of aliphatic carboxylic acids is 2. The Morgan fingerprint density at radius 1 is 0.704 bits per heavy atom. The van der Waals surface area contributed by atoms with Gasteiger partial charge in [-0.3, -0.25) is 0 Å². The van der Waals surface area contributed by atoms with E-state index >= 15 is 0 Å². The third-order valence-electron chi connectivity index (χ3n) is 3.06. The number of carboxylic acid groups (broad SMARTS) is 2. The SMILES string of the molecule is COc1ccc(/C=C/C(=O)[O-])cc1.COc1ccc(/C=C/C(=O)[O-])cc1.[Zn+2]. The van der Waals surface area contributed by atoms with Crippen LogP contribution in [0.15, 0.2) is 60.7 Å². The van der Waals surface area contributed by atoms with Crippen molar-refractivity contribution in [2.24, 2.45) is 0 Å². The van der Waals surface area contributed by atoms with E-state index < -0.39 is 11.9 Å². The van der Waals surface area contributed by atoms with Crippen LogP contribution >= 0.6 is 0 Å². The van der Waals surface area contributed by atoms with Crippen molar-refractivity contribution in [1.82, 2.24) is 0 Å². The van der Waals surface area contributed by atoms with Crippen LogP contribution in [0.2, 0.25) is 0 Å². The molecule has 2 aromatic rings. The van der Waals surface area contributed by atoms with Gasteiger partial charge in [0.05, 0.1) is 26.2 Å². The number of hydrogen-bond acceptors (Lipinski definition) is 6. The zero-order chi connectivity index (χ0) is 19.4. The summed E-state index contributed by atoms with van der Waals surface area (Å²) in [5, 5.41) is 20.1. The van der Waals surface area contributed by atoms with Crippen LogP contribution in [-0.2, 0) is 29.1 Å². The van der Waals surface area contributed by atoms with Crippen LogP contribution in [0.25, 0.3) is 12.2 Å². The van der Waals surface area contributed by atoms with E-state index in [2.05, 4.69) is 0 Å².